The minimum Gasteiger partial charge on any atom is -0.480 e. The van der Waals surface area contributed by atoms with E-state index in [4.69, 9.17) is 5.11 Å². The molecule has 1 aromatic heterocycles. The van der Waals surface area contributed by atoms with Crippen molar-refractivity contribution in [2.75, 3.05) is 17.3 Å². The zero-order valence-electron chi connectivity index (χ0n) is 10.5. The fourth-order valence-corrected chi connectivity index (χ4v) is 1.17. The summed E-state index contributed by atoms with van der Waals surface area (Å²) in [5, 5.41) is 11.6. The van der Waals surface area contributed by atoms with Crippen LogP contribution >= 0.6 is 0 Å². The lowest BCUT2D eigenvalue weighted by Gasteiger charge is -2.22. The van der Waals surface area contributed by atoms with Crippen LogP contribution in [0.15, 0.2) is 12.4 Å². The van der Waals surface area contributed by atoms with Gasteiger partial charge >= 0.3 is 5.97 Å². The molecule has 17 heavy (non-hydrogen) atoms. The van der Waals surface area contributed by atoms with E-state index in [1.165, 1.54) is 6.33 Å². The number of anilines is 2. The summed E-state index contributed by atoms with van der Waals surface area (Å²) in [6.45, 7) is 5.67. The van der Waals surface area contributed by atoms with Crippen LogP contribution < -0.4 is 10.2 Å². The highest BCUT2D eigenvalue weighted by atomic mass is 16.4. The summed E-state index contributed by atoms with van der Waals surface area (Å²) in [5.74, 6) is 0.356. The van der Waals surface area contributed by atoms with Crippen LogP contribution in [-0.4, -0.2) is 40.2 Å². The number of rotatable bonds is 5. The van der Waals surface area contributed by atoms with E-state index in [-0.39, 0.29) is 0 Å². The molecule has 1 aromatic rings. The second kappa shape index (κ2) is 5.47. The smallest absolute Gasteiger partial charge is 0.325 e. The molecular weight excluding hydrogens is 220 g/mol. The van der Waals surface area contributed by atoms with Crippen molar-refractivity contribution in [1.82, 2.24) is 9.97 Å². The Hall–Kier alpha value is -1.85. The van der Waals surface area contributed by atoms with Gasteiger partial charge in [-0.05, 0) is 20.8 Å². The summed E-state index contributed by atoms with van der Waals surface area (Å²) in [5.41, 5.74) is 0. The first-order valence-corrected chi connectivity index (χ1v) is 5.46. The topological polar surface area (TPSA) is 78.3 Å². The third-order valence-corrected chi connectivity index (χ3v) is 2.52. The Kier molecular flexibility index (Phi) is 4.25. The third kappa shape index (κ3) is 3.58. The monoisotopic (exact) mass is 238 g/mol. The Bertz CT molecular complexity index is 395. The highest BCUT2D eigenvalue weighted by Crippen LogP contribution is 2.15. The number of carboxylic acid groups (broad SMARTS) is 1. The SMILES string of the molecule is CC(Nc1cc(N(C)C(C)C)ncn1)C(=O)O. The first-order valence-electron chi connectivity index (χ1n) is 5.46. The maximum Gasteiger partial charge on any atom is 0.325 e. The molecule has 0 spiro atoms. The van der Waals surface area contributed by atoms with Gasteiger partial charge in [-0.1, -0.05) is 0 Å². The van der Waals surface area contributed by atoms with Crippen molar-refractivity contribution in [3.05, 3.63) is 12.4 Å². The summed E-state index contributed by atoms with van der Waals surface area (Å²) >= 11 is 0. The minimum atomic E-state index is -0.914. The van der Waals surface area contributed by atoms with Crippen molar-refractivity contribution < 1.29 is 9.90 Å². The second-order valence-electron chi connectivity index (χ2n) is 4.17. The number of nitrogens with one attached hydrogen (secondary N) is 1. The Balaban J connectivity index is 2.82. The summed E-state index contributed by atoms with van der Waals surface area (Å²) < 4.78 is 0. The molecule has 6 heteroatoms. The van der Waals surface area contributed by atoms with Crippen molar-refractivity contribution in [3.63, 3.8) is 0 Å². The molecule has 0 aliphatic rings. The highest BCUT2D eigenvalue weighted by molar-refractivity contribution is 5.76. The van der Waals surface area contributed by atoms with Crippen molar-refractivity contribution in [3.8, 4) is 0 Å². The Morgan fingerprint density at radius 1 is 1.41 bits per heavy atom. The fraction of sp³-hybridized carbons (Fsp3) is 0.545. The van der Waals surface area contributed by atoms with E-state index in [2.05, 4.69) is 29.1 Å². The van der Waals surface area contributed by atoms with Gasteiger partial charge in [0.25, 0.3) is 0 Å². The molecule has 0 aromatic carbocycles. The molecule has 1 atom stereocenters. The number of hydrogen-bond donors (Lipinski definition) is 2. The molecule has 2 N–H and O–H groups in total. The van der Waals surface area contributed by atoms with Gasteiger partial charge in [0, 0.05) is 19.2 Å². The molecular formula is C11H18N4O2. The van der Waals surface area contributed by atoms with Gasteiger partial charge in [0.2, 0.25) is 0 Å². The van der Waals surface area contributed by atoms with E-state index in [9.17, 15) is 4.79 Å². The summed E-state index contributed by atoms with van der Waals surface area (Å²) in [6.07, 6.45) is 1.42. The number of carbonyl (C=O) groups is 1. The van der Waals surface area contributed by atoms with Crippen LogP contribution in [0.5, 0.6) is 0 Å². The van der Waals surface area contributed by atoms with Gasteiger partial charge in [-0.2, -0.15) is 0 Å². The fourth-order valence-electron chi connectivity index (χ4n) is 1.17. The average molecular weight is 238 g/mol. The van der Waals surface area contributed by atoms with Gasteiger partial charge < -0.3 is 15.3 Å². The first kappa shape index (κ1) is 13.2. The van der Waals surface area contributed by atoms with Crippen LogP contribution in [0.3, 0.4) is 0 Å². The number of aromatic nitrogens is 2. The molecule has 0 saturated heterocycles. The molecule has 0 aliphatic heterocycles. The third-order valence-electron chi connectivity index (χ3n) is 2.52. The quantitative estimate of drug-likeness (QED) is 0.802. The number of carboxylic acids is 1. The lowest BCUT2D eigenvalue weighted by Crippen LogP contribution is -2.28. The van der Waals surface area contributed by atoms with Gasteiger partial charge in [0.15, 0.2) is 0 Å². The molecule has 6 nitrogen and oxygen atoms in total. The Morgan fingerprint density at radius 2 is 2.06 bits per heavy atom. The average Bonchev–Trinajstić information content (AvgIpc) is 2.28. The molecule has 0 saturated carbocycles. The van der Waals surface area contributed by atoms with E-state index in [1.807, 2.05) is 11.9 Å². The van der Waals surface area contributed by atoms with Gasteiger partial charge in [0.05, 0.1) is 0 Å². The van der Waals surface area contributed by atoms with Crippen LogP contribution in [0.4, 0.5) is 11.6 Å². The molecule has 94 valence electrons. The van der Waals surface area contributed by atoms with Crippen molar-refractivity contribution in [2.24, 2.45) is 0 Å². The summed E-state index contributed by atoms with van der Waals surface area (Å²) in [6, 6.07) is 1.37. The summed E-state index contributed by atoms with van der Waals surface area (Å²) in [7, 11) is 1.93. The van der Waals surface area contributed by atoms with Gasteiger partial charge in [-0.25, -0.2) is 9.97 Å². The Labute approximate surface area is 101 Å². The molecule has 1 rings (SSSR count). The van der Waals surface area contributed by atoms with Crippen LogP contribution in [0.25, 0.3) is 0 Å². The zero-order chi connectivity index (χ0) is 13.0. The molecule has 0 aliphatic carbocycles. The summed E-state index contributed by atoms with van der Waals surface area (Å²) in [4.78, 5) is 20.8. The predicted molar refractivity (Wildman–Crippen MR) is 66.3 cm³/mol. The van der Waals surface area contributed by atoms with Crippen LogP contribution in [-0.2, 0) is 4.79 Å². The van der Waals surface area contributed by atoms with E-state index < -0.39 is 12.0 Å². The standard InChI is InChI=1S/C11H18N4O2/c1-7(2)15(4)10-5-9(12-6-13-10)14-8(3)11(16)17/h5-8H,1-4H3,(H,16,17)(H,12,13,14). The highest BCUT2D eigenvalue weighted by Gasteiger charge is 2.12. The van der Waals surface area contributed by atoms with E-state index in [0.717, 1.165) is 5.82 Å². The molecule has 0 bridgehead atoms. The molecule has 0 amide bonds. The van der Waals surface area contributed by atoms with Crippen LogP contribution in [0.2, 0.25) is 0 Å². The van der Waals surface area contributed by atoms with Gasteiger partial charge in [-0.3, -0.25) is 4.79 Å². The van der Waals surface area contributed by atoms with Crippen molar-refractivity contribution in [1.29, 1.82) is 0 Å². The molecule has 1 unspecified atom stereocenters. The number of aliphatic carboxylic acids is 1. The van der Waals surface area contributed by atoms with E-state index >= 15 is 0 Å². The maximum absolute atomic E-state index is 10.7. The number of nitrogens with zero attached hydrogens (tertiary/aromatic N) is 3. The lowest BCUT2D eigenvalue weighted by atomic mass is 10.3. The normalized spacial score (nSPS) is 12.3. The molecule has 0 radical (unpaired) electrons. The molecule has 1 heterocycles. The Morgan fingerprint density at radius 3 is 2.59 bits per heavy atom. The second-order valence-corrected chi connectivity index (χ2v) is 4.17. The van der Waals surface area contributed by atoms with Gasteiger partial charge in [0.1, 0.15) is 24.0 Å². The first-order chi connectivity index (χ1) is 7.91. The van der Waals surface area contributed by atoms with E-state index in [1.54, 1.807) is 13.0 Å². The van der Waals surface area contributed by atoms with E-state index in [0.29, 0.717) is 11.9 Å². The lowest BCUT2D eigenvalue weighted by molar-refractivity contribution is -0.137. The zero-order valence-corrected chi connectivity index (χ0v) is 10.5. The molecule has 0 fully saturated rings. The van der Waals surface area contributed by atoms with Crippen molar-refractivity contribution in [2.45, 2.75) is 32.9 Å². The van der Waals surface area contributed by atoms with Gasteiger partial charge in [-0.15, -0.1) is 0 Å². The van der Waals surface area contributed by atoms with Crippen LogP contribution in [0.1, 0.15) is 20.8 Å². The minimum absolute atomic E-state index is 0.314. The number of hydrogen-bond acceptors (Lipinski definition) is 5. The van der Waals surface area contributed by atoms with Crippen molar-refractivity contribution >= 4 is 17.6 Å². The van der Waals surface area contributed by atoms with Crippen LogP contribution in [0, 0.1) is 0 Å². The predicted octanol–water partition coefficient (Wildman–Crippen LogP) is 1.21. The maximum atomic E-state index is 10.7. The largest absolute Gasteiger partial charge is 0.480 e.